The van der Waals surface area contributed by atoms with Crippen LogP contribution >= 0.6 is 0 Å². The molecular weight excluding hydrogens is 288 g/mol. The monoisotopic (exact) mass is 330 g/mol. The first-order valence-corrected chi connectivity index (χ1v) is 11.5. The van der Waals surface area contributed by atoms with Crippen molar-refractivity contribution in [1.82, 2.24) is 0 Å². The molecule has 0 radical (unpaired) electrons. The maximum atomic E-state index is 2.57. The quantitative estimate of drug-likeness (QED) is 0.436. The lowest BCUT2D eigenvalue weighted by molar-refractivity contribution is 0.0671. The van der Waals surface area contributed by atoms with Gasteiger partial charge in [0.2, 0.25) is 0 Å². The molecule has 3 aliphatic carbocycles. The highest BCUT2D eigenvalue weighted by molar-refractivity contribution is 4.96. The number of hydrogen-bond donors (Lipinski definition) is 0. The van der Waals surface area contributed by atoms with E-state index in [-0.39, 0.29) is 0 Å². The molecule has 0 spiro atoms. The van der Waals surface area contributed by atoms with E-state index >= 15 is 0 Å². The normalized spacial score (nSPS) is 40.6. The third-order valence-electron chi connectivity index (χ3n) is 7.81. The molecule has 0 aromatic heterocycles. The molecule has 3 aliphatic rings. The van der Waals surface area contributed by atoms with Crippen molar-refractivity contribution < 1.29 is 0 Å². The average Bonchev–Trinajstić information content (AvgIpc) is 2.62. The van der Waals surface area contributed by atoms with Gasteiger partial charge in [-0.15, -0.1) is 0 Å². The summed E-state index contributed by atoms with van der Waals surface area (Å²) in [7, 11) is 0. The molecule has 3 fully saturated rings. The fourth-order valence-electron chi connectivity index (χ4n) is 6.38. The molecule has 3 rings (SSSR count). The fraction of sp³-hybridized carbons (Fsp3) is 0.917. The van der Waals surface area contributed by atoms with Crippen LogP contribution in [0.2, 0.25) is 0 Å². The van der Waals surface area contributed by atoms with Crippen molar-refractivity contribution in [3.8, 4) is 0 Å². The Bertz CT molecular complexity index is 373. The van der Waals surface area contributed by atoms with Crippen molar-refractivity contribution in [3.63, 3.8) is 0 Å². The molecule has 4 atom stereocenters. The van der Waals surface area contributed by atoms with E-state index in [1.54, 1.807) is 44.9 Å². The van der Waals surface area contributed by atoms with Gasteiger partial charge in [-0.2, -0.15) is 0 Å². The zero-order chi connectivity index (χ0) is 16.8. The summed E-state index contributed by atoms with van der Waals surface area (Å²) in [4.78, 5) is 0. The second-order valence-electron chi connectivity index (χ2n) is 9.45. The van der Waals surface area contributed by atoms with Crippen LogP contribution in [0.25, 0.3) is 0 Å². The summed E-state index contributed by atoms with van der Waals surface area (Å²) in [6, 6.07) is 0. The van der Waals surface area contributed by atoms with Crippen molar-refractivity contribution in [3.05, 3.63) is 12.2 Å². The lowest BCUT2D eigenvalue weighted by Gasteiger charge is -2.45. The molecule has 0 saturated heterocycles. The molecule has 0 nitrogen and oxygen atoms in total. The molecular formula is C24H42. The highest BCUT2D eigenvalue weighted by atomic mass is 14.4. The molecule has 24 heavy (non-hydrogen) atoms. The molecule has 138 valence electrons. The molecule has 3 saturated carbocycles. The van der Waals surface area contributed by atoms with Crippen LogP contribution < -0.4 is 0 Å². The Morgan fingerprint density at radius 2 is 1.29 bits per heavy atom. The smallest absolute Gasteiger partial charge is 0.0231 e. The summed E-state index contributed by atoms with van der Waals surface area (Å²) >= 11 is 0. The highest BCUT2D eigenvalue weighted by Gasteiger charge is 2.38. The summed E-state index contributed by atoms with van der Waals surface area (Å²) < 4.78 is 0. The van der Waals surface area contributed by atoms with Crippen LogP contribution in [-0.4, -0.2) is 0 Å². The van der Waals surface area contributed by atoms with Crippen LogP contribution in [0.4, 0.5) is 0 Å². The Morgan fingerprint density at radius 1 is 0.667 bits per heavy atom. The van der Waals surface area contributed by atoms with Crippen molar-refractivity contribution in [2.75, 3.05) is 0 Å². The second-order valence-corrected chi connectivity index (χ2v) is 9.45. The van der Waals surface area contributed by atoms with Crippen molar-refractivity contribution in [1.29, 1.82) is 0 Å². The van der Waals surface area contributed by atoms with Gasteiger partial charge < -0.3 is 0 Å². The molecule has 0 heterocycles. The van der Waals surface area contributed by atoms with Crippen LogP contribution in [0.15, 0.2) is 12.2 Å². The Labute approximate surface area is 151 Å². The minimum absolute atomic E-state index is 0.916. The summed E-state index contributed by atoms with van der Waals surface area (Å²) in [6.45, 7) is 4.65. The van der Waals surface area contributed by atoms with E-state index in [1.165, 1.54) is 44.9 Å². The van der Waals surface area contributed by atoms with Crippen LogP contribution in [0.1, 0.15) is 104 Å². The minimum atomic E-state index is 0.916. The molecule has 0 N–H and O–H groups in total. The molecule has 0 aromatic rings. The number of rotatable bonds is 6. The lowest BCUT2D eigenvalue weighted by Crippen LogP contribution is -2.34. The van der Waals surface area contributed by atoms with Crippen LogP contribution in [-0.2, 0) is 0 Å². The SMILES string of the molecule is CCCC=CC1CCC2CC(C3CCC(CCC)CC3)CCC2C1. The summed E-state index contributed by atoms with van der Waals surface area (Å²) in [5, 5.41) is 0. The Kier molecular flexibility index (Phi) is 7.29. The Balaban J connectivity index is 1.43. The van der Waals surface area contributed by atoms with Gasteiger partial charge in [-0.25, -0.2) is 0 Å². The van der Waals surface area contributed by atoms with E-state index in [2.05, 4.69) is 26.0 Å². The van der Waals surface area contributed by atoms with Crippen molar-refractivity contribution >= 4 is 0 Å². The first-order chi connectivity index (χ1) is 11.8. The van der Waals surface area contributed by atoms with Crippen molar-refractivity contribution in [2.45, 2.75) is 104 Å². The Morgan fingerprint density at radius 3 is 2.00 bits per heavy atom. The van der Waals surface area contributed by atoms with Gasteiger partial charge in [0.1, 0.15) is 0 Å². The van der Waals surface area contributed by atoms with Crippen LogP contribution in [0, 0.1) is 35.5 Å². The van der Waals surface area contributed by atoms with Gasteiger partial charge in [-0.05, 0) is 93.3 Å². The maximum absolute atomic E-state index is 2.57. The van der Waals surface area contributed by atoms with Gasteiger partial charge in [-0.1, -0.05) is 58.1 Å². The minimum Gasteiger partial charge on any atom is -0.0883 e. The lowest BCUT2D eigenvalue weighted by atomic mass is 9.61. The molecule has 0 heteroatoms. The standard InChI is InChI=1S/C24H42/c1-3-5-6-8-20-11-14-24-18-23(16-15-22(24)17-20)21-12-9-19(7-4-2)10-13-21/h6,8,19-24H,3-5,7,9-18H2,1-2H3. The number of hydrogen-bond acceptors (Lipinski definition) is 0. The molecule has 0 bridgehead atoms. The molecule has 0 aromatic carbocycles. The van der Waals surface area contributed by atoms with E-state index in [4.69, 9.17) is 0 Å². The zero-order valence-corrected chi connectivity index (χ0v) is 16.5. The highest BCUT2D eigenvalue weighted by Crippen LogP contribution is 2.49. The van der Waals surface area contributed by atoms with Gasteiger partial charge in [0.05, 0.1) is 0 Å². The number of unbranched alkanes of at least 4 members (excludes halogenated alkanes) is 1. The molecule has 4 unspecified atom stereocenters. The van der Waals surface area contributed by atoms with Gasteiger partial charge in [0.25, 0.3) is 0 Å². The predicted molar refractivity (Wildman–Crippen MR) is 106 cm³/mol. The molecule has 0 amide bonds. The van der Waals surface area contributed by atoms with Gasteiger partial charge in [0.15, 0.2) is 0 Å². The van der Waals surface area contributed by atoms with E-state index in [1.807, 2.05) is 0 Å². The summed E-state index contributed by atoms with van der Waals surface area (Å²) in [5.41, 5.74) is 0. The van der Waals surface area contributed by atoms with Crippen LogP contribution in [0.3, 0.4) is 0 Å². The Hall–Kier alpha value is -0.260. The largest absolute Gasteiger partial charge is 0.0883 e. The van der Waals surface area contributed by atoms with Gasteiger partial charge in [-0.3, -0.25) is 0 Å². The van der Waals surface area contributed by atoms with E-state index < -0.39 is 0 Å². The van der Waals surface area contributed by atoms with Crippen molar-refractivity contribution in [2.24, 2.45) is 35.5 Å². The van der Waals surface area contributed by atoms with E-state index in [0.29, 0.717) is 0 Å². The first-order valence-electron chi connectivity index (χ1n) is 11.5. The second kappa shape index (κ2) is 9.44. The first kappa shape index (κ1) is 18.5. The van der Waals surface area contributed by atoms with Gasteiger partial charge in [0, 0.05) is 0 Å². The summed E-state index contributed by atoms with van der Waals surface area (Å²) in [6.07, 6.45) is 26.0. The zero-order valence-electron chi connectivity index (χ0n) is 16.5. The van der Waals surface area contributed by atoms with Gasteiger partial charge >= 0.3 is 0 Å². The van der Waals surface area contributed by atoms with E-state index in [9.17, 15) is 0 Å². The summed E-state index contributed by atoms with van der Waals surface area (Å²) in [5.74, 6) is 6.35. The number of allylic oxidation sites excluding steroid dienone is 2. The maximum Gasteiger partial charge on any atom is -0.0231 e. The number of fused-ring (bicyclic) bond motifs is 1. The topological polar surface area (TPSA) is 0 Å². The third-order valence-corrected chi connectivity index (χ3v) is 7.81. The average molecular weight is 331 g/mol. The van der Waals surface area contributed by atoms with E-state index in [0.717, 1.165) is 35.5 Å². The third kappa shape index (κ3) is 4.89. The predicted octanol–water partition coefficient (Wildman–Crippen LogP) is 7.78. The fourth-order valence-corrected chi connectivity index (χ4v) is 6.38. The molecule has 0 aliphatic heterocycles. The van der Waals surface area contributed by atoms with Crippen LogP contribution in [0.5, 0.6) is 0 Å².